The third-order valence-electron chi connectivity index (χ3n) is 7.12. The van der Waals surface area contributed by atoms with Gasteiger partial charge in [-0.05, 0) is 83.3 Å². The Balaban J connectivity index is 1.54. The standard InChI is InChI=1S/C30H30F2N6O/c1-4-27(29-34-35-36-38(29)17-22-9-13-25(32)14-10-22)37(16-21-7-11-24(31)12-8-21)18-23-15-26-19(2)5-6-20(3)28(26)33-30(23)39/h5-15,27H,4,16-18H2,1-3H3,(H,33,39). The van der Waals surface area contributed by atoms with Gasteiger partial charge in [-0.25, -0.2) is 13.5 Å². The van der Waals surface area contributed by atoms with E-state index in [-0.39, 0.29) is 23.2 Å². The van der Waals surface area contributed by atoms with E-state index >= 15 is 0 Å². The molecule has 7 nitrogen and oxygen atoms in total. The zero-order valence-electron chi connectivity index (χ0n) is 22.2. The zero-order valence-corrected chi connectivity index (χ0v) is 22.2. The maximum absolute atomic E-state index is 13.7. The molecular formula is C30H30F2N6O. The van der Waals surface area contributed by atoms with Crippen molar-refractivity contribution in [1.82, 2.24) is 30.1 Å². The van der Waals surface area contributed by atoms with Crippen molar-refractivity contribution in [1.29, 1.82) is 0 Å². The normalized spacial score (nSPS) is 12.4. The molecule has 0 amide bonds. The summed E-state index contributed by atoms with van der Waals surface area (Å²) in [7, 11) is 0. The summed E-state index contributed by atoms with van der Waals surface area (Å²) in [4.78, 5) is 18.5. The maximum atomic E-state index is 13.7. The molecule has 5 rings (SSSR count). The summed E-state index contributed by atoms with van der Waals surface area (Å²) in [6.07, 6.45) is 0.661. The zero-order chi connectivity index (χ0) is 27.5. The van der Waals surface area contributed by atoms with Crippen LogP contribution in [0.4, 0.5) is 8.78 Å². The van der Waals surface area contributed by atoms with Crippen LogP contribution >= 0.6 is 0 Å². The first-order chi connectivity index (χ1) is 18.8. The average molecular weight is 529 g/mol. The highest BCUT2D eigenvalue weighted by Crippen LogP contribution is 2.28. The molecule has 1 N–H and O–H groups in total. The Bertz CT molecular complexity index is 1640. The average Bonchev–Trinajstić information content (AvgIpc) is 3.37. The molecule has 0 aliphatic heterocycles. The molecule has 0 radical (unpaired) electrons. The lowest BCUT2D eigenvalue weighted by atomic mass is 10.0. The van der Waals surface area contributed by atoms with Gasteiger partial charge in [-0.2, -0.15) is 0 Å². The smallest absolute Gasteiger partial charge is 0.252 e. The van der Waals surface area contributed by atoms with E-state index in [0.717, 1.165) is 33.2 Å². The number of benzene rings is 3. The summed E-state index contributed by atoms with van der Waals surface area (Å²) in [6, 6.07) is 18.3. The van der Waals surface area contributed by atoms with Crippen LogP contribution < -0.4 is 5.56 Å². The van der Waals surface area contributed by atoms with Crippen LogP contribution in [0.25, 0.3) is 10.9 Å². The van der Waals surface area contributed by atoms with E-state index in [1.54, 1.807) is 28.9 Å². The number of halogens is 2. The topological polar surface area (TPSA) is 79.7 Å². The number of hydrogen-bond donors (Lipinski definition) is 1. The number of hydrogen-bond acceptors (Lipinski definition) is 5. The molecule has 0 spiro atoms. The number of pyridine rings is 1. The molecule has 0 saturated heterocycles. The van der Waals surface area contributed by atoms with Crippen LogP contribution in [0.1, 0.15) is 53.0 Å². The van der Waals surface area contributed by atoms with E-state index in [2.05, 4.69) is 31.5 Å². The Labute approximate surface area is 225 Å². The lowest BCUT2D eigenvalue weighted by Gasteiger charge is -2.30. The molecule has 0 aliphatic rings. The first-order valence-corrected chi connectivity index (χ1v) is 12.9. The van der Waals surface area contributed by atoms with Gasteiger partial charge >= 0.3 is 0 Å². The van der Waals surface area contributed by atoms with Crippen LogP contribution in [0.2, 0.25) is 0 Å². The Kier molecular flexibility index (Phi) is 7.60. The summed E-state index contributed by atoms with van der Waals surface area (Å²) in [6.45, 7) is 7.20. The highest BCUT2D eigenvalue weighted by molar-refractivity contribution is 5.85. The summed E-state index contributed by atoms with van der Waals surface area (Å²) >= 11 is 0. The highest BCUT2D eigenvalue weighted by Gasteiger charge is 2.26. The fourth-order valence-electron chi connectivity index (χ4n) is 4.98. The van der Waals surface area contributed by atoms with Gasteiger partial charge < -0.3 is 4.98 Å². The Morgan fingerprint density at radius 3 is 2.21 bits per heavy atom. The van der Waals surface area contributed by atoms with Gasteiger partial charge in [0.25, 0.3) is 5.56 Å². The van der Waals surface area contributed by atoms with Gasteiger partial charge in [-0.1, -0.05) is 43.3 Å². The van der Waals surface area contributed by atoms with Crippen molar-refractivity contribution in [3.05, 3.63) is 122 Å². The van der Waals surface area contributed by atoms with Crippen molar-refractivity contribution in [2.24, 2.45) is 0 Å². The predicted molar refractivity (Wildman–Crippen MR) is 146 cm³/mol. The van der Waals surface area contributed by atoms with E-state index in [4.69, 9.17) is 0 Å². The molecule has 3 aromatic carbocycles. The molecule has 39 heavy (non-hydrogen) atoms. The Morgan fingerprint density at radius 2 is 1.54 bits per heavy atom. The van der Waals surface area contributed by atoms with Crippen LogP contribution in [0, 0.1) is 25.5 Å². The Hall–Kier alpha value is -4.24. The third kappa shape index (κ3) is 5.78. The van der Waals surface area contributed by atoms with Crippen LogP contribution in [0.5, 0.6) is 0 Å². The van der Waals surface area contributed by atoms with Gasteiger partial charge in [-0.3, -0.25) is 9.69 Å². The first kappa shape index (κ1) is 26.4. The molecule has 0 bridgehead atoms. The van der Waals surface area contributed by atoms with Crippen molar-refractivity contribution in [3.8, 4) is 0 Å². The van der Waals surface area contributed by atoms with Crippen LogP contribution in [-0.2, 0) is 19.6 Å². The monoisotopic (exact) mass is 528 g/mol. The van der Waals surface area contributed by atoms with Gasteiger partial charge in [0.1, 0.15) is 11.6 Å². The summed E-state index contributed by atoms with van der Waals surface area (Å²) in [5.74, 6) is 0.0178. The molecule has 0 aliphatic carbocycles. The molecular weight excluding hydrogens is 498 g/mol. The van der Waals surface area contributed by atoms with Crippen LogP contribution in [0.15, 0.2) is 71.5 Å². The van der Waals surface area contributed by atoms with Crippen molar-refractivity contribution in [2.75, 3.05) is 0 Å². The van der Waals surface area contributed by atoms with Gasteiger partial charge in [0.2, 0.25) is 0 Å². The fourth-order valence-corrected chi connectivity index (χ4v) is 4.98. The number of tetrazole rings is 1. The minimum Gasteiger partial charge on any atom is -0.321 e. The number of H-pyrrole nitrogens is 1. The van der Waals surface area contributed by atoms with Crippen molar-refractivity contribution < 1.29 is 8.78 Å². The van der Waals surface area contributed by atoms with Crippen LogP contribution in [0.3, 0.4) is 0 Å². The van der Waals surface area contributed by atoms with Gasteiger partial charge in [0.05, 0.1) is 18.1 Å². The number of nitrogens with one attached hydrogen (secondary N) is 1. The predicted octanol–water partition coefficient (Wildman–Crippen LogP) is 5.61. The first-order valence-electron chi connectivity index (χ1n) is 12.9. The number of aryl methyl sites for hydroxylation is 2. The molecule has 0 fully saturated rings. The van der Waals surface area contributed by atoms with Crippen LogP contribution in [-0.4, -0.2) is 30.1 Å². The highest BCUT2D eigenvalue weighted by atomic mass is 19.1. The second-order valence-electron chi connectivity index (χ2n) is 9.89. The lowest BCUT2D eigenvalue weighted by Crippen LogP contribution is -2.32. The Morgan fingerprint density at radius 1 is 0.897 bits per heavy atom. The molecule has 200 valence electrons. The van der Waals surface area contributed by atoms with Gasteiger partial charge in [0, 0.05) is 24.0 Å². The van der Waals surface area contributed by atoms with E-state index in [9.17, 15) is 13.6 Å². The lowest BCUT2D eigenvalue weighted by molar-refractivity contribution is 0.161. The maximum Gasteiger partial charge on any atom is 0.252 e. The molecule has 0 saturated carbocycles. The van der Waals surface area contributed by atoms with E-state index in [1.807, 2.05) is 32.9 Å². The van der Waals surface area contributed by atoms with Crippen molar-refractivity contribution >= 4 is 10.9 Å². The minimum atomic E-state index is -0.308. The second kappa shape index (κ2) is 11.2. The molecule has 9 heteroatoms. The van der Waals surface area contributed by atoms with E-state index < -0.39 is 0 Å². The molecule has 2 aromatic heterocycles. The molecule has 5 aromatic rings. The molecule has 1 atom stereocenters. The second-order valence-corrected chi connectivity index (χ2v) is 9.89. The number of fused-ring (bicyclic) bond motifs is 1. The fraction of sp³-hybridized carbons (Fsp3) is 0.267. The summed E-state index contributed by atoms with van der Waals surface area (Å²) < 4.78 is 28.8. The van der Waals surface area contributed by atoms with Crippen molar-refractivity contribution in [2.45, 2.75) is 52.9 Å². The summed E-state index contributed by atoms with van der Waals surface area (Å²) in [5.41, 5.74) is 5.15. The number of nitrogens with zero attached hydrogens (tertiary/aromatic N) is 5. The van der Waals surface area contributed by atoms with Gasteiger partial charge in [-0.15, -0.1) is 5.10 Å². The minimum absolute atomic E-state index is 0.152. The molecule has 1 unspecified atom stereocenters. The third-order valence-corrected chi connectivity index (χ3v) is 7.12. The number of aromatic amines is 1. The quantitative estimate of drug-likeness (QED) is 0.269. The number of aromatic nitrogens is 5. The van der Waals surface area contributed by atoms with E-state index in [1.165, 1.54) is 24.3 Å². The SMILES string of the molecule is CCC(c1nnnn1Cc1ccc(F)cc1)N(Cc1ccc(F)cc1)Cc1cc2c(C)ccc(C)c2[nH]c1=O. The largest absolute Gasteiger partial charge is 0.321 e. The van der Waals surface area contributed by atoms with E-state index in [0.29, 0.717) is 37.4 Å². The summed E-state index contributed by atoms with van der Waals surface area (Å²) in [5, 5.41) is 13.5. The molecule has 2 heterocycles. The van der Waals surface area contributed by atoms with Gasteiger partial charge in [0.15, 0.2) is 5.82 Å². The number of rotatable bonds is 9. The van der Waals surface area contributed by atoms with Crippen molar-refractivity contribution in [3.63, 3.8) is 0 Å².